The third-order valence-electron chi connectivity index (χ3n) is 5.57. The van der Waals surface area contributed by atoms with Gasteiger partial charge in [-0.25, -0.2) is 18.2 Å². The fraction of sp³-hybridized carbons (Fsp3) is 0.231. The molecule has 0 aromatic carbocycles. The quantitative estimate of drug-likeness (QED) is 0.369. The largest absolute Gasteiger partial charge is 0.485 e. The maximum Gasteiger partial charge on any atom is 0.278 e. The number of hydrogen-bond donors (Lipinski definition) is 1. The van der Waals surface area contributed by atoms with Crippen LogP contribution in [-0.4, -0.2) is 24.6 Å². The Morgan fingerprint density at radius 2 is 1.84 bits per heavy atom. The summed E-state index contributed by atoms with van der Waals surface area (Å²) < 4.78 is 49.5. The molecule has 192 valence electrons. The highest BCUT2D eigenvalue weighted by atomic mass is 35.5. The third-order valence-corrected chi connectivity index (χ3v) is 5.91. The molecule has 0 aliphatic heterocycles. The molecular weight excluding hydrogens is 509 g/mol. The van der Waals surface area contributed by atoms with E-state index in [1.54, 1.807) is 45.9 Å². The van der Waals surface area contributed by atoms with Gasteiger partial charge in [0.05, 0.1) is 23.3 Å². The zero-order valence-corrected chi connectivity index (χ0v) is 21.1. The Morgan fingerprint density at radius 3 is 2.51 bits per heavy atom. The summed E-state index contributed by atoms with van der Waals surface area (Å²) >= 11 is 6.27. The average Bonchev–Trinajstić information content (AvgIpc) is 2.83. The highest BCUT2D eigenvalue weighted by Gasteiger charge is 2.24. The van der Waals surface area contributed by atoms with Crippen LogP contribution in [0.3, 0.4) is 0 Å². The number of nitrogens with zero attached hydrogens (tertiary/aromatic N) is 4. The van der Waals surface area contributed by atoms with Gasteiger partial charge >= 0.3 is 0 Å². The van der Waals surface area contributed by atoms with Crippen molar-refractivity contribution in [2.45, 2.75) is 39.9 Å². The second-order valence-electron chi connectivity index (χ2n) is 8.89. The van der Waals surface area contributed by atoms with Crippen LogP contribution in [0.1, 0.15) is 36.5 Å². The number of hydrogen-bond acceptors (Lipinski definition) is 6. The van der Waals surface area contributed by atoms with Crippen molar-refractivity contribution in [3.05, 3.63) is 98.2 Å². The van der Waals surface area contributed by atoms with Crippen LogP contribution >= 0.6 is 11.6 Å². The molecule has 4 rings (SSSR count). The van der Waals surface area contributed by atoms with Gasteiger partial charge in [-0.1, -0.05) is 17.7 Å². The minimum atomic E-state index is -1.26. The lowest BCUT2D eigenvalue weighted by atomic mass is 10.0. The summed E-state index contributed by atoms with van der Waals surface area (Å²) in [5.41, 5.74) is -1.30. The highest BCUT2D eigenvalue weighted by Crippen LogP contribution is 2.30. The summed E-state index contributed by atoms with van der Waals surface area (Å²) in [5.74, 6) is -2.63. The Kier molecular flexibility index (Phi) is 7.07. The van der Waals surface area contributed by atoms with Gasteiger partial charge in [0.1, 0.15) is 40.2 Å². The van der Waals surface area contributed by atoms with E-state index in [-0.39, 0.29) is 39.2 Å². The zero-order chi connectivity index (χ0) is 27.1. The summed E-state index contributed by atoms with van der Waals surface area (Å²) in [6, 6.07) is 6.83. The molecule has 0 bridgehead atoms. The average molecular weight is 531 g/mol. The van der Waals surface area contributed by atoms with Crippen molar-refractivity contribution in [1.29, 1.82) is 0 Å². The summed E-state index contributed by atoms with van der Waals surface area (Å²) in [6.45, 7) is 5.83. The van der Waals surface area contributed by atoms with Crippen LogP contribution in [-0.2, 0) is 12.2 Å². The summed E-state index contributed by atoms with van der Waals surface area (Å²) in [5, 5.41) is 9.92. The molecule has 37 heavy (non-hydrogen) atoms. The summed E-state index contributed by atoms with van der Waals surface area (Å²) in [4.78, 5) is 25.4. The third kappa shape index (κ3) is 5.21. The van der Waals surface area contributed by atoms with Crippen LogP contribution in [0.5, 0.6) is 5.75 Å². The number of rotatable bonds is 6. The van der Waals surface area contributed by atoms with Gasteiger partial charge in [-0.3, -0.25) is 19.3 Å². The summed E-state index contributed by atoms with van der Waals surface area (Å²) in [6.07, 6.45) is 2.24. The van der Waals surface area contributed by atoms with E-state index >= 15 is 4.39 Å². The first-order valence-corrected chi connectivity index (χ1v) is 11.5. The van der Waals surface area contributed by atoms with Gasteiger partial charge in [0, 0.05) is 24.0 Å². The zero-order valence-electron chi connectivity index (χ0n) is 20.3. The first-order chi connectivity index (χ1) is 17.4. The van der Waals surface area contributed by atoms with Gasteiger partial charge in [0.2, 0.25) is 0 Å². The van der Waals surface area contributed by atoms with Crippen molar-refractivity contribution in [1.82, 2.24) is 19.5 Å². The fourth-order valence-corrected chi connectivity index (χ4v) is 3.88. The predicted molar refractivity (Wildman–Crippen MR) is 131 cm³/mol. The molecule has 0 spiro atoms. The Labute approximate surface area is 215 Å². The standard InChI is InChI=1S/C26H22ClF3N4O3/c1-13-10-32-23(17-6-5-7-20(33-17)26(3,4)36)22(30)24(13)34-14(2)8-19(21(27)25(34)35)37-12-18-16(29)9-15(28)11-31-18/h5-11,36H,12H2,1-4H3. The topological polar surface area (TPSA) is 90.1 Å². The molecule has 0 amide bonds. The Hall–Kier alpha value is -3.76. The van der Waals surface area contributed by atoms with E-state index in [0.717, 1.165) is 10.8 Å². The Morgan fingerprint density at radius 1 is 1.11 bits per heavy atom. The van der Waals surface area contributed by atoms with Gasteiger partial charge in [0.25, 0.3) is 5.56 Å². The van der Waals surface area contributed by atoms with Crippen molar-refractivity contribution in [2.75, 3.05) is 0 Å². The van der Waals surface area contributed by atoms with E-state index in [1.807, 2.05) is 0 Å². The molecule has 0 aliphatic carbocycles. The Bertz CT molecular complexity index is 1570. The SMILES string of the molecule is Cc1cnc(-c2cccc(C(C)(C)O)n2)c(F)c1-n1c(C)cc(OCc2ncc(F)cc2F)c(Cl)c1=O. The van der Waals surface area contributed by atoms with E-state index in [0.29, 0.717) is 17.3 Å². The number of aromatic nitrogens is 4. The smallest absolute Gasteiger partial charge is 0.278 e. The first kappa shape index (κ1) is 26.3. The Balaban J connectivity index is 1.77. The van der Waals surface area contributed by atoms with Gasteiger partial charge in [-0.05, 0) is 45.4 Å². The second kappa shape index (κ2) is 9.95. The lowest BCUT2D eigenvalue weighted by molar-refractivity contribution is 0.0739. The predicted octanol–water partition coefficient (Wildman–Crippen LogP) is 5.18. The molecule has 0 saturated heterocycles. The molecule has 1 N–H and O–H groups in total. The number of aryl methyl sites for hydroxylation is 2. The van der Waals surface area contributed by atoms with Crippen LogP contribution in [0.15, 0.2) is 47.5 Å². The molecule has 0 radical (unpaired) electrons. The molecular formula is C26H22ClF3N4O3. The molecule has 0 aliphatic rings. The van der Waals surface area contributed by atoms with E-state index in [2.05, 4.69) is 15.0 Å². The molecule has 0 saturated carbocycles. The van der Waals surface area contributed by atoms with Crippen LogP contribution in [0.2, 0.25) is 5.02 Å². The number of halogens is 4. The number of aliphatic hydroxyl groups is 1. The lowest BCUT2D eigenvalue weighted by Crippen LogP contribution is -2.24. The molecule has 4 aromatic heterocycles. The van der Waals surface area contributed by atoms with Gasteiger partial charge < -0.3 is 9.84 Å². The molecule has 0 unspecified atom stereocenters. The van der Waals surface area contributed by atoms with Crippen molar-refractivity contribution >= 4 is 11.6 Å². The number of pyridine rings is 4. The molecule has 4 heterocycles. The maximum atomic E-state index is 15.9. The van der Waals surface area contributed by atoms with Crippen LogP contribution in [0.25, 0.3) is 17.1 Å². The summed E-state index contributed by atoms with van der Waals surface area (Å²) in [7, 11) is 0. The van der Waals surface area contributed by atoms with E-state index in [1.165, 1.54) is 12.3 Å². The highest BCUT2D eigenvalue weighted by molar-refractivity contribution is 6.31. The van der Waals surface area contributed by atoms with Crippen LogP contribution < -0.4 is 10.3 Å². The van der Waals surface area contributed by atoms with E-state index < -0.39 is 35.2 Å². The van der Waals surface area contributed by atoms with E-state index in [9.17, 15) is 18.7 Å². The molecule has 4 aromatic rings. The van der Waals surface area contributed by atoms with Crippen molar-refractivity contribution in [3.8, 4) is 22.8 Å². The molecule has 0 fully saturated rings. The second-order valence-corrected chi connectivity index (χ2v) is 9.27. The van der Waals surface area contributed by atoms with E-state index in [4.69, 9.17) is 16.3 Å². The molecule has 0 atom stereocenters. The van der Waals surface area contributed by atoms with Crippen molar-refractivity contribution in [2.24, 2.45) is 0 Å². The van der Waals surface area contributed by atoms with Gasteiger partial charge in [0.15, 0.2) is 11.6 Å². The van der Waals surface area contributed by atoms with Gasteiger partial charge in [-0.15, -0.1) is 0 Å². The molecule has 11 heteroatoms. The minimum Gasteiger partial charge on any atom is -0.485 e. The minimum absolute atomic E-state index is 0.0715. The monoisotopic (exact) mass is 530 g/mol. The normalized spacial score (nSPS) is 11.6. The van der Waals surface area contributed by atoms with Crippen LogP contribution in [0, 0.1) is 31.3 Å². The lowest BCUT2D eigenvalue weighted by Gasteiger charge is -2.19. The fourth-order valence-electron chi connectivity index (χ4n) is 3.68. The van der Waals surface area contributed by atoms with Crippen LogP contribution in [0.4, 0.5) is 13.2 Å². The maximum absolute atomic E-state index is 15.9. The molecule has 7 nitrogen and oxygen atoms in total. The first-order valence-electron chi connectivity index (χ1n) is 11.1. The van der Waals surface area contributed by atoms with Crippen molar-refractivity contribution < 1.29 is 23.0 Å². The van der Waals surface area contributed by atoms with Crippen molar-refractivity contribution in [3.63, 3.8) is 0 Å². The van der Waals surface area contributed by atoms with Gasteiger partial charge in [-0.2, -0.15) is 0 Å². The number of ether oxygens (including phenoxy) is 1.